The van der Waals surface area contributed by atoms with E-state index in [1.807, 2.05) is 31.2 Å². The molecule has 1 amide bonds. The van der Waals surface area contributed by atoms with Gasteiger partial charge in [0.05, 0.1) is 11.9 Å². The molecule has 0 aliphatic carbocycles. The molecule has 2 aromatic heterocycles. The monoisotopic (exact) mass is 278 g/mol. The second kappa shape index (κ2) is 5.58. The number of carbonyl (C=O) groups is 1. The van der Waals surface area contributed by atoms with Gasteiger partial charge in [0, 0.05) is 23.6 Å². The molecular weight excluding hydrogens is 264 g/mol. The van der Waals surface area contributed by atoms with E-state index in [9.17, 15) is 4.79 Å². The van der Waals surface area contributed by atoms with Gasteiger partial charge in [-0.15, -0.1) is 0 Å². The van der Waals surface area contributed by atoms with Crippen LogP contribution in [0.15, 0.2) is 55.0 Å². The van der Waals surface area contributed by atoms with E-state index in [0.29, 0.717) is 5.56 Å². The molecule has 0 aliphatic heterocycles. The largest absolute Gasteiger partial charge is 0.342 e. The van der Waals surface area contributed by atoms with Gasteiger partial charge in [0.25, 0.3) is 5.91 Å². The Labute approximate surface area is 122 Å². The number of pyridine rings is 1. The highest BCUT2D eigenvalue weighted by atomic mass is 16.1. The molecule has 0 aliphatic rings. The minimum Gasteiger partial charge on any atom is -0.342 e. The highest BCUT2D eigenvalue weighted by Gasteiger charge is 2.06. The number of nitrogens with zero attached hydrogens (tertiary/aromatic N) is 2. The van der Waals surface area contributed by atoms with Crippen molar-refractivity contribution in [1.29, 1.82) is 0 Å². The Morgan fingerprint density at radius 3 is 2.43 bits per heavy atom. The maximum Gasteiger partial charge on any atom is 0.255 e. The van der Waals surface area contributed by atoms with Crippen LogP contribution in [-0.4, -0.2) is 20.9 Å². The number of H-pyrrole nitrogens is 1. The number of benzene rings is 1. The number of hydrogen-bond acceptors (Lipinski definition) is 3. The number of imidazole rings is 1. The predicted octanol–water partition coefficient (Wildman–Crippen LogP) is 3.03. The highest BCUT2D eigenvalue weighted by molar-refractivity contribution is 6.04. The lowest BCUT2D eigenvalue weighted by atomic mass is 10.1. The summed E-state index contributed by atoms with van der Waals surface area (Å²) in [7, 11) is 0. The van der Waals surface area contributed by atoms with Crippen molar-refractivity contribution in [2.24, 2.45) is 0 Å². The number of amides is 1. The Morgan fingerprint density at radius 2 is 1.81 bits per heavy atom. The number of hydrogen-bond donors (Lipinski definition) is 2. The molecule has 0 saturated carbocycles. The molecule has 0 bridgehead atoms. The zero-order chi connectivity index (χ0) is 14.7. The molecule has 3 rings (SSSR count). The van der Waals surface area contributed by atoms with E-state index in [-0.39, 0.29) is 5.91 Å². The predicted molar refractivity (Wildman–Crippen MR) is 81.0 cm³/mol. The van der Waals surface area contributed by atoms with Crippen LogP contribution in [0.2, 0.25) is 0 Å². The Morgan fingerprint density at radius 1 is 1.10 bits per heavy atom. The summed E-state index contributed by atoms with van der Waals surface area (Å²) in [5.74, 6) is 0.725. The first-order valence-corrected chi connectivity index (χ1v) is 6.56. The summed E-state index contributed by atoms with van der Waals surface area (Å²) in [6.07, 6.45) is 4.98. The molecule has 5 heteroatoms. The number of rotatable bonds is 3. The summed E-state index contributed by atoms with van der Waals surface area (Å²) >= 11 is 0. The highest BCUT2D eigenvalue weighted by Crippen LogP contribution is 2.19. The summed E-state index contributed by atoms with van der Waals surface area (Å²) in [6, 6.07) is 11.0. The van der Waals surface area contributed by atoms with Crippen LogP contribution >= 0.6 is 0 Å². The maximum absolute atomic E-state index is 12.0. The number of aromatic nitrogens is 3. The van der Waals surface area contributed by atoms with Gasteiger partial charge in [-0.1, -0.05) is 12.1 Å². The molecule has 0 radical (unpaired) electrons. The van der Waals surface area contributed by atoms with Gasteiger partial charge in [-0.2, -0.15) is 0 Å². The topological polar surface area (TPSA) is 70.7 Å². The summed E-state index contributed by atoms with van der Waals surface area (Å²) < 4.78 is 0. The van der Waals surface area contributed by atoms with Gasteiger partial charge in [-0.3, -0.25) is 9.78 Å². The smallest absolute Gasteiger partial charge is 0.255 e. The fraction of sp³-hybridized carbons (Fsp3) is 0.0625. The van der Waals surface area contributed by atoms with Crippen LogP contribution in [0, 0.1) is 6.92 Å². The van der Waals surface area contributed by atoms with Crippen LogP contribution in [0.4, 0.5) is 5.69 Å². The molecule has 5 nitrogen and oxygen atoms in total. The van der Waals surface area contributed by atoms with Crippen LogP contribution in [0.1, 0.15) is 16.2 Å². The zero-order valence-corrected chi connectivity index (χ0v) is 11.5. The van der Waals surface area contributed by atoms with E-state index in [4.69, 9.17) is 0 Å². The number of nitrogens with one attached hydrogen (secondary N) is 2. The molecule has 21 heavy (non-hydrogen) atoms. The minimum absolute atomic E-state index is 0.150. The van der Waals surface area contributed by atoms with E-state index in [1.165, 1.54) is 0 Å². The molecule has 0 spiro atoms. The second-order valence-electron chi connectivity index (χ2n) is 4.65. The van der Waals surface area contributed by atoms with Gasteiger partial charge >= 0.3 is 0 Å². The van der Waals surface area contributed by atoms with Crippen LogP contribution in [0.25, 0.3) is 11.3 Å². The normalized spacial score (nSPS) is 10.3. The van der Waals surface area contributed by atoms with Crippen molar-refractivity contribution in [2.45, 2.75) is 6.92 Å². The third-order valence-electron chi connectivity index (χ3n) is 3.10. The number of carbonyl (C=O) groups excluding carboxylic acids is 1. The number of aryl methyl sites for hydroxylation is 1. The van der Waals surface area contributed by atoms with Crippen molar-refractivity contribution in [3.63, 3.8) is 0 Å². The van der Waals surface area contributed by atoms with Crippen LogP contribution < -0.4 is 5.32 Å². The first-order chi connectivity index (χ1) is 10.2. The number of anilines is 1. The molecule has 2 N–H and O–H groups in total. The fourth-order valence-corrected chi connectivity index (χ4v) is 2.01. The van der Waals surface area contributed by atoms with E-state index < -0.39 is 0 Å². The van der Waals surface area contributed by atoms with E-state index >= 15 is 0 Å². The molecule has 0 unspecified atom stereocenters. The average Bonchev–Trinajstić information content (AvgIpc) is 2.95. The Hall–Kier alpha value is -2.95. The van der Waals surface area contributed by atoms with Crippen molar-refractivity contribution in [3.8, 4) is 11.3 Å². The Bertz CT molecular complexity index is 747. The fourth-order valence-electron chi connectivity index (χ4n) is 2.01. The van der Waals surface area contributed by atoms with Crippen molar-refractivity contribution in [2.75, 3.05) is 5.32 Å². The Balaban J connectivity index is 1.74. The third kappa shape index (κ3) is 2.97. The van der Waals surface area contributed by atoms with Gasteiger partial charge in [-0.05, 0) is 36.8 Å². The van der Waals surface area contributed by atoms with E-state index in [0.717, 1.165) is 22.8 Å². The molecule has 2 heterocycles. The minimum atomic E-state index is -0.150. The van der Waals surface area contributed by atoms with Gasteiger partial charge in [0.15, 0.2) is 0 Å². The van der Waals surface area contributed by atoms with Crippen molar-refractivity contribution < 1.29 is 4.79 Å². The molecule has 104 valence electrons. The molecule has 0 fully saturated rings. The van der Waals surface area contributed by atoms with Crippen LogP contribution in [0.5, 0.6) is 0 Å². The lowest BCUT2D eigenvalue weighted by Gasteiger charge is -2.06. The van der Waals surface area contributed by atoms with Gasteiger partial charge in [0.2, 0.25) is 0 Å². The first-order valence-electron chi connectivity index (χ1n) is 6.56. The van der Waals surface area contributed by atoms with Crippen molar-refractivity contribution >= 4 is 11.6 Å². The maximum atomic E-state index is 12.0. The molecular formula is C16H14N4O. The third-order valence-corrected chi connectivity index (χ3v) is 3.10. The second-order valence-corrected chi connectivity index (χ2v) is 4.65. The molecule has 1 aromatic carbocycles. The van der Waals surface area contributed by atoms with Gasteiger partial charge < -0.3 is 10.3 Å². The van der Waals surface area contributed by atoms with Crippen LogP contribution in [0.3, 0.4) is 0 Å². The average molecular weight is 278 g/mol. The van der Waals surface area contributed by atoms with Gasteiger partial charge in [0.1, 0.15) is 5.82 Å². The van der Waals surface area contributed by atoms with Crippen molar-refractivity contribution in [3.05, 3.63) is 66.4 Å². The van der Waals surface area contributed by atoms with E-state index in [1.54, 1.807) is 30.7 Å². The SMILES string of the molecule is Cc1ncc(-c2ccc(NC(=O)c3ccncc3)cc2)[nH]1. The summed E-state index contributed by atoms with van der Waals surface area (Å²) in [4.78, 5) is 23.3. The van der Waals surface area contributed by atoms with Gasteiger partial charge in [-0.25, -0.2) is 4.98 Å². The molecule has 0 saturated heterocycles. The summed E-state index contributed by atoms with van der Waals surface area (Å²) in [6.45, 7) is 1.91. The van der Waals surface area contributed by atoms with E-state index in [2.05, 4.69) is 20.3 Å². The lowest BCUT2D eigenvalue weighted by molar-refractivity contribution is 0.102. The molecule has 0 atom stereocenters. The molecule has 3 aromatic rings. The van der Waals surface area contributed by atoms with Crippen molar-refractivity contribution in [1.82, 2.24) is 15.0 Å². The summed E-state index contributed by atoms with van der Waals surface area (Å²) in [5, 5.41) is 2.85. The Kier molecular flexibility index (Phi) is 3.47. The number of aromatic amines is 1. The standard InChI is InChI=1S/C16H14N4O/c1-11-18-10-15(19-11)12-2-4-14(5-3-12)20-16(21)13-6-8-17-9-7-13/h2-10H,1H3,(H,18,19)(H,20,21). The summed E-state index contributed by atoms with van der Waals surface area (Å²) in [5.41, 5.74) is 3.31. The zero-order valence-electron chi connectivity index (χ0n) is 11.5. The van der Waals surface area contributed by atoms with Crippen LogP contribution in [-0.2, 0) is 0 Å². The quantitative estimate of drug-likeness (QED) is 0.773. The first kappa shape index (κ1) is 13.1. The lowest BCUT2D eigenvalue weighted by Crippen LogP contribution is -2.11.